The van der Waals surface area contributed by atoms with Gasteiger partial charge in [-0.05, 0) is 164 Å². The first-order valence-corrected chi connectivity index (χ1v) is 40.2. The van der Waals surface area contributed by atoms with Crippen molar-refractivity contribution in [3.8, 4) is 0 Å². The van der Waals surface area contributed by atoms with Crippen molar-refractivity contribution >= 4 is 66.0 Å². The first-order chi connectivity index (χ1) is 39.0. The molecule has 0 saturated carbocycles. The largest absolute Gasteiger partial charge is 0.379 e. The number of piperidine rings is 1. The Balaban J connectivity index is -0.000000917. The highest BCUT2D eigenvalue weighted by atomic mass is 32.2. The van der Waals surface area contributed by atoms with E-state index in [0.29, 0.717) is 25.2 Å². The summed E-state index contributed by atoms with van der Waals surface area (Å²) >= 11 is 0. The number of hydrogen-bond donors (Lipinski definition) is 0. The van der Waals surface area contributed by atoms with Crippen LogP contribution in [0.5, 0.6) is 0 Å². The molecule has 0 radical (unpaired) electrons. The number of carbonyl (C=O) groups excluding carboxylic acids is 1. The van der Waals surface area contributed by atoms with Gasteiger partial charge in [-0.3, -0.25) is 14.6 Å². The number of piperazine rings is 1. The van der Waals surface area contributed by atoms with Gasteiger partial charge in [-0.2, -0.15) is 4.31 Å². The number of sulfonamides is 6. The molecular weight excluding hydrogens is 1230 g/mol. The average molecular weight is 1360 g/mol. The van der Waals surface area contributed by atoms with Crippen molar-refractivity contribution in [2.45, 2.75) is 240 Å². The van der Waals surface area contributed by atoms with Crippen molar-refractivity contribution in [1.29, 1.82) is 0 Å². The summed E-state index contributed by atoms with van der Waals surface area (Å²) in [4.78, 5) is 17.7. The van der Waals surface area contributed by atoms with E-state index in [9.17, 15) is 55.3 Å². The maximum Gasteiger partial charge on any atom is 0.219 e. The molecule has 5 aliphatic heterocycles. The molecule has 0 spiro atoms. The summed E-state index contributed by atoms with van der Waals surface area (Å²) in [5.74, 6) is 0.207. The van der Waals surface area contributed by atoms with Gasteiger partial charge < -0.3 is 9.64 Å². The van der Waals surface area contributed by atoms with Crippen LogP contribution in [0.4, 0.5) is 0 Å². The van der Waals surface area contributed by atoms with E-state index >= 15 is 0 Å². The van der Waals surface area contributed by atoms with Crippen LogP contribution in [-0.2, 0) is 69.7 Å². The summed E-state index contributed by atoms with van der Waals surface area (Å²) in [6.45, 7) is 53.7. The summed E-state index contributed by atoms with van der Waals surface area (Å²) in [6.07, 6.45) is 6.27. The predicted molar refractivity (Wildman–Crippen MR) is 357 cm³/mol. The van der Waals surface area contributed by atoms with E-state index in [0.717, 1.165) is 124 Å². The minimum atomic E-state index is -3.10. The summed E-state index contributed by atoms with van der Waals surface area (Å²) in [7, 11) is -13.2. The lowest BCUT2D eigenvalue weighted by Gasteiger charge is -2.36. The molecule has 5 fully saturated rings. The average Bonchev–Trinajstić information content (AvgIpc) is 4.11. The van der Waals surface area contributed by atoms with Crippen molar-refractivity contribution in [3.05, 3.63) is 0 Å². The monoisotopic (exact) mass is 1350 g/mol. The van der Waals surface area contributed by atoms with Crippen LogP contribution >= 0.6 is 0 Å². The van der Waals surface area contributed by atoms with Gasteiger partial charge in [0.1, 0.15) is 0 Å². The number of hydrogen-bond acceptors (Lipinski definition) is 16. The highest BCUT2D eigenvalue weighted by Crippen LogP contribution is 2.20. The van der Waals surface area contributed by atoms with Gasteiger partial charge in [0.2, 0.25) is 66.0 Å². The third-order valence-corrected chi connectivity index (χ3v) is 29.0. The van der Waals surface area contributed by atoms with Gasteiger partial charge in [0.25, 0.3) is 0 Å². The third kappa shape index (κ3) is 31.9. The molecule has 0 N–H and O–H groups in total. The van der Waals surface area contributed by atoms with Crippen LogP contribution in [0.1, 0.15) is 191 Å². The molecular formula is C57H127N9O14S6. The van der Waals surface area contributed by atoms with Gasteiger partial charge >= 0.3 is 0 Å². The molecule has 0 aromatic heterocycles. The first-order valence-electron chi connectivity index (χ1n) is 31.2. The van der Waals surface area contributed by atoms with Crippen molar-refractivity contribution in [2.75, 3.05) is 126 Å². The SMILES string of the molecule is CC(=O)N1CCN(C(C)C)CC1.CC(C)N1CCOCC1.CC(C)S(=O)(=O)N(C)C.CC(C)S(=O)(=O)N(C)C(C)(C)C.CC(C)S(=O)(=O)N1CCC1.CC(C)S(=O)(=O)N1CCCC1.CC(C)S(=O)(=O)N1CCCCC1.CCN(CC)S(=O)(=O)C(C)C. The lowest BCUT2D eigenvalue weighted by atomic mass is 10.1. The summed E-state index contributed by atoms with van der Waals surface area (Å²) in [6, 6.07) is 1.30. The fourth-order valence-electron chi connectivity index (χ4n) is 8.15. The van der Waals surface area contributed by atoms with Crippen LogP contribution in [-0.4, -0.2) is 272 Å². The molecule has 0 atom stereocenters. The van der Waals surface area contributed by atoms with Gasteiger partial charge in [0, 0.05) is 137 Å². The fourth-order valence-corrected chi connectivity index (χ4v) is 15.8. The van der Waals surface area contributed by atoms with Crippen molar-refractivity contribution in [1.82, 2.24) is 40.5 Å². The molecule has 0 aliphatic carbocycles. The van der Waals surface area contributed by atoms with Crippen LogP contribution in [0.2, 0.25) is 0 Å². The Kier molecular flexibility index (Phi) is 42.9. The van der Waals surface area contributed by atoms with E-state index in [-0.39, 0.29) is 42.9 Å². The predicted octanol–water partition coefficient (Wildman–Crippen LogP) is 6.55. The molecule has 5 saturated heterocycles. The standard InChI is InChI=1S/C9H18N2O.C8H17NO2S.C8H19NO2S.C7H15NO2S.C7H17NO2S.C7H15NO.C6H13NO2S.C5H13NO2S/c1-8(2)10-4-6-11(7-5-10)9(3)12;1-8(2)12(10,11)9-6-4-3-5-7-9;1-7(2)12(10,11)9(6)8(3,4)5;1-7(2)11(9,10)8-5-3-4-6-8;1-5-8(6-2)11(9,10)7(3)4;1-7(2)8-3-5-9-6-4-8;1-6(2)10(8,9)7-4-3-5-7;1-5(2)9(7,8)6(3)4/h8H,4-7H2,1-3H3;8H,3-7H2,1-2H3;7H,1-6H3;7H,3-6H2,1-2H3;7H,5-6H2,1-4H3;7H,3-6H2,1-2H3;6H,3-5H2,1-2H3;5H,1-4H3. The van der Waals surface area contributed by atoms with Gasteiger partial charge in [-0.15, -0.1) is 0 Å². The van der Waals surface area contributed by atoms with E-state index in [1.165, 1.54) is 37.7 Å². The van der Waals surface area contributed by atoms with Gasteiger partial charge in [0.15, 0.2) is 0 Å². The van der Waals surface area contributed by atoms with Crippen molar-refractivity contribution in [2.24, 2.45) is 0 Å². The van der Waals surface area contributed by atoms with E-state index in [1.54, 1.807) is 106 Å². The number of carbonyl (C=O) groups is 1. The van der Waals surface area contributed by atoms with Crippen LogP contribution in [0.3, 0.4) is 0 Å². The van der Waals surface area contributed by atoms with Gasteiger partial charge in [0.05, 0.1) is 44.7 Å². The first kappa shape index (κ1) is 89.0. The lowest BCUT2D eigenvalue weighted by Crippen LogP contribution is -2.50. The zero-order chi connectivity index (χ0) is 68.2. The van der Waals surface area contributed by atoms with Gasteiger partial charge in [-0.25, -0.2) is 72.0 Å². The highest BCUT2D eigenvalue weighted by Gasteiger charge is 2.33. The summed E-state index contributed by atoms with van der Waals surface area (Å²) in [5, 5.41) is -1.75. The van der Waals surface area contributed by atoms with Crippen LogP contribution in [0.15, 0.2) is 0 Å². The molecule has 1 amide bonds. The summed E-state index contributed by atoms with van der Waals surface area (Å²) < 4.78 is 151. The van der Waals surface area contributed by atoms with E-state index in [2.05, 4.69) is 37.5 Å². The Hall–Kier alpha value is -1.19. The van der Waals surface area contributed by atoms with E-state index in [4.69, 9.17) is 4.74 Å². The minimum Gasteiger partial charge on any atom is -0.379 e. The fraction of sp³-hybridized carbons (Fsp3) is 0.982. The topological polar surface area (TPSA) is 260 Å². The third-order valence-electron chi connectivity index (χ3n) is 15.0. The van der Waals surface area contributed by atoms with Crippen LogP contribution < -0.4 is 0 Å². The molecule has 5 rings (SSSR count). The molecule has 86 heavy (non-hydrogen) atoms. The second kappa shape index (κ2) is 41.4. The second-order valence-electron chi connectivity index (χ2n) is 25.3. The zero-order valence-corrected chi connectivity index (χ0v) is 63.3. The number of amides is 1. The lowest BCUT2D eigenvalue weighted by molar-refractivity contribution is -0.130. The maximum atomic E-state index is 11.6. The number of ether oxygens (including phenoxy) is 1. The van der Waals surface area contributed by atoms with E-state index in [1.807, 2.05) is 39.5 Å². The Bertz CT molecular complexity index is 2480. The normalized spacial score (nSPS) is 18.4. The number of nitrogens with zero attached hydrogens (tertiary/aromatic N) is 9. The summed E-state index contributed by atoms with van der Waals surface area (Å²) in [5.41, 5.74) is -0.330. The minimum absolute atomic E-state index is 0.207. The zero-order valence-electron chi connectivity index (χ0n) is 58.4. The van der Waals surface area contributed by atoms with Gasteiger partial charge in [-0.1, -0.05) is 20.3 Å². The smallest absolute Gasteiger partial charge is 0.219 e. The Labute approximate surface area is 529 Å². The second-order valence-corrected chi connectivity index (χ2v) is 40.4. The van der Waals surface area contributed by atoms with Crippen LogP contribution in [0, 0.1) is 0 Å². The molecule has 23 nitrogen and oxygen atoms in total. The number of rotatable bonds is 16. The van der Waals surface area contributed by atoms with E-state index < -0.39 is 60.1 Å². The molecule has 0 aromatic rings. The molecule has 0 unspecified atom stereocenters. The highest BCUT2D eigenvalue weighted by molar-refractivity contribution is 7.91. The maximum absolute atomic E-state index is 11.6. The molecule has 29 heteroatoms. The molecule has 5 aliphatic rings. The number of morpholine rings is 1. The van der Waals surface area contributed by atoms with Crippen molar-refractivity contribution in [3.63, 3.8) is 0 Å². The molecule has 520 valence electrons. The Morgan fingerprint density at radius 1 is 0.407 bits per heavy atom. The van der Waals surface area contributed by atoms with Crippen molar-refractivity contribution < 1.29 is 60.0 Å². The molecule has 5 heterocycles. The Morgan fingerprint density at radius 3 is 0.872 bits per heavy atom. The molecule has 0 bridgehead atoms. The quantitative estimate of drug-likeness (QED) is 0.159. The van der Waals surface area contributed by atoms with Crippen LogP contribution in [0.25, 0.3) is 0 Å². The molecule has 0 aromatic carbocycles. The Morgan fingerprint density at radius 2 is 0.698 bits per heavy atom.